The van der Waals surface area contributed by atoms with Gasteiger partial charge in [-0.15, -0.1) is 0 Å². The Kier molecular flexibility index (Phi) is 5.03. The van der Waals surface area contributed by atoms with Crippen LogP contribution in [0.3, 0.4) is 0 Å². The summed E-state index contributed by atoms with van der Waals surface area (Å²) >= 11 is 0. The summed E-state index contributed by atoms with van der Waals surface area (Å²) in [6.45, 7) is 4.86. The van der Waals surface area contributed by atoms with Gasteiger partial charge in [0.2, 0.25) is 0 Å². The molecule has 2 N–H and O–H groups in total. The van der Waals surface area contributed by atoms with Crippen LogP contribution in [0.15, 0.2) is 0 Å². The van der Waals surface area contributed by atoms with Gasteiger partial charge in [-0.2, -0.15) is 0 Å². The molecule has 0 aromatic heterocycles. The largest absolute Gasteiger partial charge is 0.390 e. The van der Waals surface area contributed by atoms with Crippen molar-refractivity contribution < 1.29 is 5.11 Å². The Bertz CT molecular complexity index is 176. The summed E-state index contributed by atoms with van der Waals surface area (Å²) in [5.74, 6) is 0. The minimum atomic E-state index is -0.245. The van der Waals surface area contributed by atoms with E-state index in [0.29, 0.717) is 12.0 Å². The molecule has 1 atom stereocenters. The van der Waals surface area contributed by atoms with E-state index >= 15 is 0 Å². The van der Waals surface area contributed by atoms with Crippen molar-refractivity contribution >= 4 is 0 Å². The van der Waals surface area contributed by atoms with Crippen LogP contribution >= 0.6 is 0 Å². The first-order valence-corrected chi connectivity index (χ1v) is 6.05. The van der Waals surface area contributed by atoms with E-state index in [-0.39, 0.29) is 6.10 Å². The van der Waals surface area contributed by atoms with Gasteiger partial charge in [-0.05, 0) is 32.4 Å². The Morgan fingerprint density at radius 3 is 2.47 bits per heavy atom. The van der Waals surface area contributed by atoms with Gasteiger partial charge in [0, 0.05) is 19.6 Å². The van der Waals surface area contributed by atoms with Crippen LogP contribution in [0.25, 0.3) is 0 Å². The van der Waals surface area contributed by atoms with Crippen molar-refractivity contribution in [2.24, 2.45) is 5.41 Å². The van der Waals surface area contributed by atoms with Crippen LogP contribution in [-0.2, 0) is 0 Å². The van der Waals surface area contributed by atoms with Crippen molar-refractivity contribution in [2.45, 2.75) is 38.7 Å². The first-order valence-electron chi connectivity index (χ1n) is 6.05. The molecule has 0 aliphatic heterocycles. The van der Waals surface area contributed by atoms with E-state index in [4.69, 9.17) is 0 Å². The highest BCUT2D eigenvalue weighted by molar-refractivity contribution is 4.82. The average Bonchev–Trinajstić information content (AvgIpc) is 2.51. The summed E-state index contributed by atoms with van der Waals surface area (Å²) in [6.07, 6.45) is 5.18. The number of hydrogen-bond acceptors (Lipinski definition) is 3. The lowest BCUT2D eigenvalue weighted by Crippen LogP contribution is -2.38. The lowest BCUT2D eigenvalue weighted by atomic mass is 9.89. The number of nitrogens with zero attached hydrogens (tertiary/aromatic N) is 1. The van der Waals surface area contributed by atoms with Crippen molar-refractivity contribution in [3.63, 3.8) is 0 Å². The maximum Gasteiger partial charge on any atom is 0.0791 e. The van der Waals surface area contributed by atoms with E-state index in [9.17, 15) is 5.11 Å². The third kappa shape index (κ3) is 4.96. The second kappa shape index (κ2) is 5.83. The van der Waals surface area contributed by atoms with Crippen LogP contribution < -0.4 is 5.32 Å². The number of nitrogens with one attached hydrogen (secondary N) is 1. The van der Waals surface area contributed by atoms with Gasteiger partial charge < -0.3 is 15.3 Å². The Balaban J connectivity index is 2.10. The van der Waals surface area contributed by atoms with Crippen LogP contribution in [0.2, 0.25) is 0 Å². The fourth-order valence-electron chi connectivity index (χ4n) is 2.43. The van der Waals surface area contributed by atoms with Crippen LogP contribution in [0.5, 0.6) is 0 Å². The molecule has 0 aromatic carbocycles. The van der Waals surface area contributed by atoms with Crippen molar-refractivity contribution in [3.05, 3.63) is 0 Å². The first-order chi connectivity index (χ1) is 7.02. The van der Waals surface area contributed by atoms with Gasteiger partial charge in [0.25, 0.3) is 0 Å². The number of likely N-dealkylation sites (N-methyl/N-ethyl adjacent to an activating group) is 1. The molecule has 1 saturated carbocycles. The van der Waals surface area contributed by atoms with E-state index in [1.165, 1.54) is 25.7 Å². The number of hydrogen-bond donors (Lipinski definition) is 2. The van der Waals surface area contributed by atoms with Gasteiger partial charge in [0.05, 0.1) is 6.10 Å². The molecular weight excluding hydrogens is 188 g/mol. The number of rotatable bonds is 6. The fraction of sp³-hybridized carbons (Fsp3) is 1.00. The molecule has 1 aliphatic rings. The van der Waals surface area contributed by atoms with Crippen molar-refractivity contribution in [3.8, 4) is 0 Å². The molecular formula is C12H26N2O. The standard InChI is InChI=1S/C12H26N2O/c1-12(6-4-5-7-12)10-13-8-11(15)9-14(2)3/h11,13,15H,4-10H2,1-3H3. The number of aliphatic hydroxyl groups is 1. The van der Waals surface area contributed by atoms with Gasteiger partial charge in [-0.25, -0.2) is 0 Å². The smallest absolute Gasteiger partial charge is 0.0791 e. The quantitative estimate of drug-likeness (QED) is 0.694. The molecule has 0 amide bonds. The summed E-state index contributed by atoms with van der Waals surface area (Å²) in [5.41, 5.74) is 0.484. The zero-order chi connectivity index (χ0) is 11.3. The highest BCUT2D eigenvalue weighted by Gasteiger charge is 2.27. The average molecular weight is 214 g/mol. The topological polar surface area (TPSA) is 35.5 Å². The summed E-state index contributed by atoms with van der Waals surface area (Å²) < 4.78 is 0. The minimum absolute atomic E-state index is 0.245. The molecule has 0 bridgehead atoms. The van der Waals surface area contributed by atoms with Crippen LogP contribution in [0.4, 0.5) is 0 Å². The van der Waals surface area contributed by atoms with Crippen molar-refractivity contribution in [2.75, 3.05) is 33.7 Å². The molecule has 3 nitrogen and oxygen atoms in total. The highest BCUT2D eigenvalue weighted by atomic mass is 16.3. The minimum Gasteiger partial charge on any atom is -0.390 e. The molecule has 90 valence electrons. The van der Waals surface area contributed by atoms with E-state index in [2.05, 4.69) is 12.2 Å². The Labute approximate surface area is 93.9 Å². The van der Waals surface area contributed by atoms with E-state index in [1.807, 2.05) is 19.0 Å². The first kappa shape index (κ1) is 12.9. The summed E-state index contributed by atoms with van der Waals surface area (Å²) in [6, 6.07) is 0. The molecule has 0 aromatic rings. The molecule has 15 heavy (non-hydrogen) atoms. The van der Waals surface area contributed by atoms with Gasteiger partial charge >= 0.3 is 0 Å². The Morgan fingerprint density at radius 2 is 1.93 bits per heavy atom. The predicted molar refractivity (Wildman–Crippen MR) is 64.0 cm³/mol. The molecule has 3 heteroatoms. The third-order valence-electron chi connectivity index (χ3n) is 3.32. The number of aliphatic hydroxyl groups excluding tert-OH is 1. The van der Waals surface area contributed by atoms with E-state index < -0.39 is 0 Å². The molecule has 1 fully saturated rings. The van der Waals surface area contributed by atoms with Crippen molar-refractivity contribution in [1.29, 1.82) is 0 Å². The molecule has 0 radical (unpaired) electrons. The molecule has 1 rings (SSSR count). The molecule has 1 aliphatic carbocycles. The van der Waals surface area contributed by atoms with E-state index in [0.717, 1.165) is 13.1 Å². The molecule has 0 spiro atoms. The third-order valence-corrected chi connectivity index (χ3v) is 3.32. The second-order valence-corrected chi connectivity index (χ2v) is 5.56. The summed E-state index contributed by atoms with van der Waals surface area (Å²) in [4.78, 5) is 2.02. The van der Waals surface area contributed by atoms with E-state index in [1.54, 1.807) is 0 Å². The monoisotopic (exact) mass is 214 g/mol. The lowest BCUT2D eigenvalue weighted by Gasteiger charge is -2.25. The SMILES string of the molecule is CN(C)CC(O)CNCC1(C)CCCC1. The zero-order valence-corrected chi connectivity index (χ0v) is 10.4. The maximum absolute atomic E-state index is 9.67. The fourth-order valence-corrected chi connectivity index (χ4v) is 2.43. The van der Waals surface area contributed by atoms with Crippen LogP contribution in [-0.4, -0.2) is 49.8 Å². The Hall–Kier alpha value is -0.120. The van der Waals surface area contributed by atoms with Crippen molar-refractivity contribution in [1.82, 2.24) is 10.2 Å². The second-order valence-electron chi connectivity index (χ2n) is 5.56. The van der Waals surface area contributed by atoms with Gasteiger partial charge in [0.1, 0.15) is 0 Å². The van der Waals surface area contributed by atoms with Gasteiger partial charge in [-0.3, -0.25) is 0 Å². The highest BCUT2D eigenvalue weighted by Crippen LogP contribution is 2.36. The normalized spacial score (nSPS) is 22.2. The lowest BCUT2D eigenvalue weighted by molar-refractivity contribution is 0.130. The molecule has 0 saturated heterocycles. The molecule has 1 unspecified atom stereocenters. The van der Waals surface area contributed by atoms with Gasteiger partial charge in [0.15, 0.2) is 0 Å². The van der Waals surface area contributed by atoms with Crippen LogP contribution in [0.1, 0.15) is 32.6 Å². The predicted octanol–water partition coefficient (Wildman–Crippen LogP) is 1.08. The summed E-state index contributed by atoms with van der Waals surface area (Å²) in [5, 5.41) is 13.1. The van der Waals surface area contributed by atoms with Gasteiger partial charge in [-0.1, -0.05) is 19.8 Å². The maximum atomic E-state index is 9.67. The van der Waals surface area contributed by atoms with Crippen LogP contribution in [0, 0.1) is 5.41 Å². The molecule has 0 heterocycles. The zero-order valence-electron chi connectivity index (χ0n) is 10.4. The summed E-state index contributed by atoms with van der Waals surface area (Å²) in [7, 11) is 3.98. The Morgan fingerprint density at radius 1 is 1.33 bits per heavy atom.